The van der Waals surface area contributed by atoms with Crippen LogP contribution in [0.3, 0.4) is 0 Å². The van der Waals surface area contributed by atoms with Crippen molar-refractivity contribution in [3.05, 3.63) is 59.7 Å². The molecule has 3 rings (SSSR count). The Labute approximate surface area is 195 Å². The van der Waals surface area contributed by atoms with Crippen molar-refractivity contribution in [3.8, 4) is 5.75 Å². The maximum atomic E-state index is 11.8. The molecule has 2 atom stereocenters. The summed E-state index contributed by atoms with van der Waals surface area (Å²) in [6.07, 6.45) is 1.15. The van der Waals surface area contributed by atoms with Crippen LogP contribution in [0.4, 0.5) is 5.69 Å². The summed E-state index contributed by atoms with van der Waals surface area (Å²) in [6.45, 7) is 3.14. The average Bonchev–Trinajstić information content (AvgIpc) is 3.31. The van der Waals surface area contributed by atoms with E-state index in [2.05, 4.69) is 29.0 Å². The number of esters is 1. The molecule has 0 amide bonds. The Morgan fingerprint density at radius 1 is 1.09 bits per heavy atom. The number of likely N-dealkylation sites (N-methyl/N-ethyl adjacent to an activating group) is 1. The normalized spacial score (nSPS) is 17.0. The molecule has 1 fully saturated rings. The molecular formula is C25H34N2O6. The van der Waals surface area contributed by atoms with Gasteiger partial charge in [0, 0.05) is 46.6 Å². The molecule has 0 saturated carbocycles. The molecule has 180 valence electrons. The number of hydrogen-bond donors (Lipinski definition) is 0. The summed E-state index contributed by atoms with van der Waals surface area (Å²) in [7, 11) is 6.70. The van der Waals surface area contributed by atoms with Crippen molar-refractivity contribution in [1.29, 1.82) is 0 Å². The van der Waals surface area contributed by atoms with E-state index < -0.39 is 0 Å². The number of likely N-dealkylation sites (tertiary alicyclic amines) is 1. The van der Waals surface area contributed by atoms with E-state index in [1.54, 1.807) is 26.4 Å². The van der Waals surface area contributed by atoms with Gasteiger partial charge in [0.2, 0.25) is 0 Å². The summed E-state index contributed by atoms with van der Waals surface area (Å²) in [6, 6.07) is 15.6. The van der Waals surface area contributed by atoms with Gasteiger partial charge in [-0.15, -0.1) is 0 Å². The van der Waals surface area contributed by atoms with Crippen molar-refractivity contribution in [1.82, 2.24) is 4.90 Å². The summed E-state index contributed by atoms with van der Waals surface area (Å²) in [4.78, 5) is 16.5. The Hall–Kier alpha value is -2.65. The lowest BCUT2D eigenvalue weighted by Gasteiger charge is -2.34. The lowest BCUT2D eigenvalue weighted by Crippen LogP contribution is -2.36. The molecule has 1 heterocycles. The molecule has 0 bridgehead atoms. The van der Waals surface area contributed by atoms with E-state index in [-0.39, 0.29) is 24.9 Å². The number of carbonyl (C=O) groups is 1. The number of nitrogens with zero attached hydrogens (tertiary/aromatic N) is 2. The molecule has 0 radical (unpaired) electrons. The molecule has 1 aliphatic heterocycles. The van der Waals surface area contributed by atoms with Gasteiger partial charge >= 0.3 is 5.97 Å². The number of hydrogen-bond acceptors (Lipinski definition) is 8. The molecule has 8 nitrogen and oxygen atoms in total. The van der Waals surface area contributed by atoms with E-state index in [1.165, 1.54) is 7.11 Å². The fraction of sp³-hybridized carbons (Fsp3) is 0.480. The number of anilines is 1. The highest BCUT2D eigenvalue weighted by Crippen LogP contribution is 2.30. The first-order chi connectivity index (χ1) is 16.0. The van der Waals surface area contributed by atoms with Crippen LogP contribution in [0.1, 0.15) is 28.4 Å². The van der Waals surface area contributed by atoms with Gasteiger partial charge in [0.25, 0.3) is 0 Å². The van der Waals surface area contributed by atoms with Gasteiger partial charge in [-0.2, -0.15) is 0 Å². The summed E-state index contributed by atoms with van der Waals surface area (Å²) in [5.74, 6) is 0.416. The molecule has 2 aromatic rings. The smallest absolute Gasteiger partial charge is 0.337 e. The third-order valence-corrected chi connectivity index (χ3v) is 5.83. The van der Waals surface area contributed by atoms with E-state index in [1.807, 2.05) is 24.3 Å². The highest BCUT2D eigenvalue weighted by molar-refractivity contribution is 5.89. The zero-order chi connectivity index (χ0) is 23.6. The number of ether oxygens (including phenoxy) is 5. The predicted molar refractivity (Wildman–Crippen MR) is 126 cm³/mol. The van der Waals surface area contributed by atoms with E-state index in [0.717, 1.165) is 43.1 Å². The van der Waals surface area contributed by atoms with Gasteiger partial charge in [-0.05, 0) is 48.4 Å². The van der Waals surface area contributed by atoms with Gasteiger partial charge in [-0.25, -0.2) is 4.79 Å². The topological polar surface area (TPSA) is 69.7 Å². The molecule has 0 unspecified atom stereocenters. The Balaban J connectivity index is 1.81. The van der Waals surface area contributed by atoms with Crippen molar-refractivity contribution in [2.75, 3.05) is 66.5 Å². The van der Waals surface area contributed by atoms with Crippen LogP contribution in [-0.2, 0) is 18.9 Å². The number of rotatable bonds is 12. The minimum absolute atomic E-state index is 0.0567. The van der Waals surface area contributed by atoms with Crippen LogP contribution >= 0.6 is 0 Å². The zero-order valence-corrected chi connectivity index (χ0v) is 19.9. The van der Waals surface area contributed by atoms with Gasteiger partial charge in [0.1, 0.15) is 12.5 Å². The number of benzene rings is 2. The Morgan fingerprint density at radius 3 is 2.55 bits per heavy atom. The summed E-state index contributed by atoms with van der Waals surface area (Å²) in [5.41, 5.74) is 2.66. The summed E-state index contributed by atoms with van der Waals surface area (Å²) in [5, 5.41) is 0. The minimum Gasteiger partial charge on any atom is -0.468 e. The Morgan fingerprint density at radius 2 is 1.85 bits per heavy atom. The van der Waals surface area contributed by atoms with Crippen LogP contribution in [0.2, 0.25) is 0 Å². The molecule has 0 N–H and O–H groups in total. The van der Waals surface area contributed by atoms with Gasteiger partial charge in [0.15, 0.2) is 6.79 Å². The van der Waals surface area contributed by atoms with Gasteiger partial charge in [-0.3, -0.25) is 4.90 Å². The SMILES string of the molecule is COCOc1cccc([C@H](CN2CC[C@H](OCOC)C2)N(C)c2ccc(C(=O)OC)cc2)c1. The fourth-order valence-corrected chi connectivity index (χ4v) is 4.03. The molecule has 2 aromatic carbocycles. The zero-order valence-electron chi connectivity index (χ0n) is 19.9. The first-order valence-corrected chi connectivity index (χ1v) is 11.0. The number of methoxy groups -OCH3 is 3. The average molecular weight is 459 g/mol. The maximum absolute atomic E-state index is 11.8. The van der Waals surface area contributed by atoms with E-state index in [9.17, 15) is 4.79 Å². The molecule has 8 heteroatoms. The quantitative estimate of drug-likeness (QED) is 0.354. The molecule has 0 aromatic heterocycles. The van der Waals surface area contributed by atoms with Crippen molar-refractivity contribution in [3.63, 3.8) is 0 Å². The van der Waals surface area contributed by atoms with Crippen LogP contribution in [0.15, 0.2) is 48.5 Å². The van der Waals surface area contributed by atoms with E-state index in [0.29, 0.717) is 12.4 Å². The molecule has 33 heavy (non-hydrogen) atoms. The van der Waals surface area contributed by atoms with Gasteiger partial charge in [-0.1, -0.05) is 12.1 Å². The van der Waals surface area contributed by atoms with Crippen LogP contribution in [0, 0.1) is 0 Å². The summed E-state index contributed by atoms with van der Waals surface area (Å²) < 4.78 is 26.4. The van der Waals surface area contributed by atoms with Crippen molar-refractivity contribution < 1.29 is 28.5 Å². The second-order valence-corrected chi connectivity index (χ2v) is 8.03. The van der Waals surface area contributed by atoms with Crippen molar-refractivity contribution >= 4 is 11.7 Å². The second-order valence-electron chi connectivity index (χ2n) is 8.03. The van der Waals surface area contributed by atoms with Crippen molar-refractivity contribution in [2.24, 2.45) is 0 Å². The maximum Gasteiger partial charge on any atom is 0.337 e. The Bertz CT molecular complexity index is 875. The fourth-order valence-electron chi connectivity index (χ4n) is 4.03. The second kappa shape index (κ2) is 12.6. The molecule has 0 aliphatic carbocycles. The predicted octanol–water partition coefficient (Wildman–Crippen LogP) is 3.33. The first kappa shape index (κ1) is 25.0. The van der Waals surface area contributed by atoms with E-state index in [4.69, 9.17) is 23.7 Å². The molecule has 0 spiro atoms. The van der Waals surface area contributed by atoms with E-state index >= 15 is 0 Å². The van der Waals surface area contributed by atoms with Crippen molar-refractivity contribution in [2.45, 2.75) is 18.6 Å². The lowest BCUT2D eigenvalue weighted by molar-refractivity contribution is -0.0671. The first-order valence-electron chi connectivity index (χ1n) is 11.0. The number of carbonyl (C=O) groups excluding carboxylic acids is 1. The lowest BCUT2D eigenvalue weighted by atomic mass is 10.0. The molecule has 1 saturated heterocycles. The highest BCUT2D eigenvalue weighted by atomic mass is 16.7. The summed E-state index contributed by atoms with van der Waals surface area (Å²) >= 11 is 0. The third kappa shape index (κ3) is 6.91. The van der Waals surface area contributed by atoms with Crippen LogP contribution < -0.4 is 9.64 Å². The van der Waals surface area contributed by atoms with Gasteiger partial charge < -0.3 is 28.6 Å². The van der Waals surface area contributed by atoms with Crippen LogP contribution in [-0.4, -0.2) is 78.6 Å². The largest absolute Gasteiger partial charge is 0.468 e. The van der Waals surface area contributed by atoms with Crippen LogP contribution in [0.5, 0.6) is 5.75 Å². The minimum atomic E-state index is -0.345. The van der Waals surface area contributed by atoms with Crippen LogP contribution in [0.25, 0.3) is 0 Å². The monoisotopic (exact) mass is 458 g/mol. The highest BCUT2D eigenvalue weighted by Gasteiger charge is 2.28. The third-order valence-electron chi connectivity index (χ3n) is 5.83. The standard InChI is InChI=1S/C25H34N2O6/c1-26(21-10-8-19(9-11-21)25(28)31-4)24(16-27-13-12-23(15-27)33-18-30-3)20-6-5-7-22(14-20)32-17-29-2/h5-11,14,23-24H,12-13,15-18H2,1-4H3/t23-,24-/m0/s1. The molecule has 1 aliphatic rings. The van der Waals surface area contributed by atoms with Gasteiger partial charge in [0.05, 0.1) is 24.8 Å². The Kier molecular flexibility index (Phi) is 9.50. The molecular weight excluding hydrogens is 424 g/mol.